The fraction of sp³-hybridized carbons (Fsp3) is 0.429. The Morgan fingerprint density at radius 1 is 1.23 bits per heavy atom. The Balaban J connectivity index is 1.93. The van der Waals surface area contributed by atoms with Crippen molar-refractivity contribution in [2.24, 2.45) is 17.2 Å². The number of carbonyl (C=O) groups excluding carboxylic acids is 2. The van der Waals surface area contributed by atoms with Gasteiger partial charge in [-0.25, -0.2) is 0 Å². The SMILES string of the molecule is CC(=O)N1c2ccc(C(N)CCC(N)NCN)cc2N(C(=O)c2ccco2)C[C@@H]1C. The summed E-state index contributed by atoms with van der Waals surface area (Å²) in [4.78, 5) is 28.7. The van der Waals surface area contributed by atoms with Crippen LogP contribution in [0.4, 0.5) is 11.4 Å². The molecule has 2 heterocycles. The van der Waals surface area contributed by atoms with Crippen molar-refractivity contribution in [2.75, 3.05) is 23.0 Å². The summed E-state index contributed by atoms with van der Waals surface area (Å²) < 4.78 is 5.31. The molecule has 0 saturated heterocycles. The van der Waals surface area contributed by atoms with Crippen molar-refractivity contribution in [1.29, 1.82) is 0 Å². The first-order valence-electron chi connectivity index (χ1n) is 10.1. The van der Waals surface area contributed by atoms with Crippen LogP contribution in [0.25, 0.3) is 0 Å². The van der Waals surface area contributed by atoms with Gasteiger partial charge in [0.05, 0.1) is 29.8 Å². The van der Waals surface area contributed by atoms with Gasteiger partial charge in [0.15, 0.2) is 5.76 Å². The second-order valence-corrected chi connectivity index (χ2v) is 7.58. The minimum absolute atomic E-state index is 0.0790. The van der Waals surface area contributed by atoms with Gasteiger partial charge in [-0.1, -0.05) is 6.07 Å². The molecule has 0 fully saturated rings. The predicted octanol–water partition coefficient (Wildman–Crippen LogP) is 1.25. The highest BCUT2D eigenvalue weighted by molar-refractivity contribution is 6.09. The average Bonchev–Trinajstić information content (AvgIpc) is 3.25. The zero-order valence-corrected chi connectivity index (χ0v) is 17.4. The highest BCUT2D eigenvalue weighted by Gasteiger charge is 2.35. The maximum atomic E-state index is 13.1. The van der Waals surface area contributed by atoms with E-state index in [-0.39, 0.29) is 35.8 Å². The van der Waals surface area contributed by atoms with Crippen LogP contribution in [-0.4, -0.2) is 37.2 Å². The number of fused-ring (bicyclic) bond motifs is 1. The Morgan fingerprint density at radius 3 is 2.63 bits per heavy atom. The first-order valence-corrected chi connectivity index (χ1v) is 10.1. The quantitative estimate of drug-likeness (QED) is 0.499. The van der Waals surface area contributed by atoms with Gasteiger partial charge in [-0.15, -0.1) is 0 Å². The number of amides is 2. The summed E-state index contributed by atoms with van der Waals surface area (Å²) >= 11 is 0. The minimum atomic E-state index is -0.272. The fourth-order valence-corrected chi connectivity index (χ4v) is 3.86. The third-order valence-corrected chi connectivity index (χ3v) is 5.35. The Hall–Kier alpha value is -2.72. The lowest BCUT2D eigenvalue weighted by Gasteiger charge is -2.40. The molecule has 1 aromatic carbocycles. The lowest BCUT2D eigenvalue weighted by molar-refractivity contribution is -0.117. The zero-order chi connectivity index (χ0) is 21.8. The number of anilines is 2. The lowest BCUT2D eigenvalue weighted by Crippen LogP contribution is -2.51. The maximum absolute atomic E-state index is 13.1. The van der Waals surface area contributed by atoms with E-state index in [0.29, 0.717) is 37.4 Å². The Morgan fingerprint density at radius 2 is 2.00 bits per heavy atom. The van der Waals surface area contributed by atoms with Gasteiger partial charge in [0, 0.05) is 26.2 Å². The van der Waals surface area contributed by atoms with Crippen LogP contribution in [0.3, 0.4) is 0 Å². The smallest absolute Gasteiger partial charge is 0.294 e. The van der Waals surface area contributed by atoms with Gasteiger partial charge in [-0.05, 0) is 49.6 Å². The standard InChI is InChI=1S/C21H30N6O3/c1-13-11-26(21(29)19-4-3-9-30-19)18-10-15(5-7-17(18)27(13)14(2)28)16(23)6-8-20(24)25-12-22/h3-5,7,9-10,13,16,20,25H,6,8,11-12,22-24H2,1-2H3/t13-,16?,20?/m0/s1. The van der Waals surface area contributed by atoms with E-state index in [1.807, 2.05) is 25.1 Å². The summed E-state index contributed by atoms with van der Waals surface area (Å²) in [6.45, 7) is 4.10. The molecule has 9 heteroatoms. The molecule has 9 nitrogen and oxygen atoms in total. The molecular weight excluding hydrogens is 384 g/mol. The second-order valence-electron chi connectivity index (χ2n) is 7.58. The summed E-state index contributed by atoms with van der Waals surface area (Å²) in [5.41, 5.74) is 20.0. The largest absolute Gasteiger partial charge is 0.459 e. The highest BCUT2D eigenvalue weighted by atomic mass is 16.3. The number of nitrogens with zero attached hydrogens (tertiary/aromatic N) is 2. The van der Waals surface area contributed by atoms with Crippen LogP contribution in [0, 0.1) is 0 Å². The van der Waals surface area contributed by atoms with Crippen molar-refractivity contribution in [3.8, 4) is 0 Å². The normalized spacial score (nSPS) is 18.1. The van der Waals surface area contributed by atoms with Crippen molar-refractivity contribution >= 4 is 23.2 Å². The molecule has 0 bridgehead atoms. The molecule has 0 spiro atoms. The number of benzene rings is 1. The number of nitrogens with two attached hydrogens (primary N) is 3. The van der Waals surface area contributed by atoms with Gasteiger partial charge in [-0.3, -0.25) is 14.9 Å². The van der Waals surface area contributed by atoms with Crippen LogP contribution >= 0.6 is 0 Å². The molecule has 1 aromatic heterocycles. The molecule has 0 radical (unpaired) electrons. The van der Waals surface area contributed by atoms with Crippen molar-refractivity contribution in [3.63, 3.8) is 0 Å². The predicted molar refractivity (Wildman–Crippen MR) is 116 cm³/mol. The number of furan rings is 1. The summed E-state index contributed by atoms with van der Waals surface area (Å²) in [7, 11) is 0. The second kappa shape index (κ2) is 9.40. The Kier molecular flexibility index (Phi) is 6.88. The van der Waals surface area contributed by atoms with Gasteiger partial charge in [0.2, 0.25) is 5.91 Å². The third kappa shape index (κ3) is 4.54. The maximum Gasteiger partial charge on any atom is 0.294 e. The van der Waals surface area contributed by atoms with Gasteiger partial charge in [0.25, 0.3) is 5.91 Å². The van der Waals surface area contributed by atoms with Crippen LogP contribution in [0.2, 0.25) is 0 Å². The van der Waals surface area contributed by atoms with Gasteiger partial charge in [-0.2, -0.15) is 0 Å². The molecule has 2 aromatic rings. The van der Waals surface area contributed by atoms with Crippen molar-refractivity contribution in [1.82, 2.24) is 5.32 Å². The zero-order valence-electron chi connectivity index (χ0n) is 17.4. The van der Waals surface area contributed by atoms with Crippen LogP contribution < -0.4 is 32.3 Å². The molecule has 2 unspecified atom stereocenters. The van der Waals surface area contributed by atoms with Crippen molar-refractivity contribution in [3.05, 3.63) is 47.9 Å². The molecule has 1 aliphatic heterocycles. The molecule has 0 saturated carbocycles. The monoisotopic (exact) mass is 414 g/mol. The third-order valence-electron chi connectivity index (χ3n) is 5.35. The van der Waals surface area contributed by atoms with Gasteiger partial charge >= 0.3 is 0 Å². The van der Waals surface area contributed by atoms with Gasteiger partial charge < -0.3 is 31.4 Å². The molecule has 2 amide bonds. The van der Waals surface area contributed by atoms with E-state index in [0.717, 1.165) is 5.56 Å². The van der Waals surface area contributed by atoms with E-state index in [1.54, 1.807) is 21.9 Å². The summed E-state index contributed by atoms with van der Waals surface area (Å²) in [5, 5.41) is 2.96. The van der Waals surface area contributed by atoms with Crippen LogP contribution in [0.5, 0.6) is 0 Å². The van der Waals surface area contributed by atoms with E-state index < -0.39 is 0 Å². The molecule has 1 aliphatic rings. The molecule has 3 rings (SSSR count). The number of hydrogen-bond acceptors (Lipinski definition) is 7. The number of nitrogens with one attached hydrogen (secondary N) is 1. The van der Waals surface area contributed by atoms with E-state index in [9.17, 15) is 9.59 Å². The lowest BCUT2D eigenvalue weighted by atomic mass is 9.98. The van der Waals surface area contributed by atoms with E-state index in [2.05, 4.69) is 5.32 Å². The first-order chi connectivity index (χ1) is 14.3. The molecule has 7 N–H and O–H groups in total. The number of hydrogen-bond donors (Lipinski definition) is 4. The van der Waals surface area contributed by atoms with E-state index >= 15 is 0 Å². The summed E-state index contributed by atoms with van der Waals surface area (Å²) in [6.07, 6.45) is 2.53. The first kappa shape index (κ1) is 22.0. The molecular formula is C21H30N6O3. The van der Waals surface area contributed by atoms with E-state index in [4.69, 9.17) is 21.6 Å². The summed E-state index contributed by atoms with van der Waals surface area (Å²) in [6, 6.07) is 8.49. The van der Waals surface area contributed by atoms with Crippen LogP contribution in [0.15, 0.2) is 41.0 Å². The highest BCUT2D eigenvalue weighted by Crippen LogP contribution is 2.38. The van der Waals surface area contributed by atoms with Crippen LogP contribution in [0.1, 0.15) is 48.8 Å². The minimum Gasteiger partial charge on any atom is -0.459 e. The number of rotatable bonds is 7. The molecule has 0 aliphatic carbocycles. The van der Waals surface area contributed by atoms with E-state index in [1.165, 1.54) is 13.2 Å². The molecule has 3 atom stereocenters. The molecule has 30 heavy (non-hydrogen) atoms. The topological polar surface area (TPSA) is 144 Å². The van der Waals surface area contributed by atoms with Crippen LogP contribution in [-0.2, 0) is 4.79 Å². The van der Waals surface area contributed by atoms with Crippen molar-refractivity contribution in [2.45, 2.75) is 44.9 Å². The fourth-order valence-electron chi connectivity index (χ4n) is 3.86. The van der Waals surface area contributed by atoms with Crippen molar-refractivity contribution < 1.29 is 14.0 Å². The van der Waals surface area contributed by atoms with Gasteiger partial charge in [0.1, 0.15) is 0 Å². The Bertz CT molecular complexity index is 885. The average molecular weight is 415 g/mol. The Labute approximate surface area is 176 Å². The summed E-state index contributed by atoms with van der Waals surface area (Å²) in [5.74, 6) is -0.0844. The molecule has 162 valence electrons. The number of carbonyl (C=O) groups is 2.